The molecular weight excluding hydrogens is 258 g/mol. The second-order valence-electron chi connectivity index (χ2n) is 4.04. The highest BCUT2D eigenvalue weighted by molar-refractivity contribution is 5.63. The summed E-state index contributed by atoms with van der Waals surface area (Å²) >= 11 is 0. The maximum atomic E-state index is 5.10. The summed E-state index contributed by atoms with van der Waals surface area (Å²) in [4.78, 5) is 12.5. The van der Waals surface area contributed by atoms with Crippen LogP contribution in [0.1, 0.15) is 29.1 Å². The first-order valence-electron chi connectivity index (χ1n) is 6.00. The number of pyridine rings is 1. The summed E-state index contributed by atoms with van der Waals surface area (Å²) in [5.74, 6) is 1.96. The Balaban J connectivity index is 1.69. The molecule has 0 aliphatic heterocycles. The van der Waals surface area contributed by atoms with Crippen LogP contribution in [0.4, 0.5) is 0 Å². The highest BCUT2D eigenvalue weighted by Crippen LogP contribution is 2.07. The van der Waals surface area contributed by atoms with Gasteiger partial charge in [0.15, 0.2) is 11.6 Å². The van der Waals surface area contributed by atoms with Crippen molar-refractivity contribution in [3.63, 3.8) is 0 Å². The van der Waals surface area contributed by atoms with E-state index < -0.39 is 0 Å². The lowest BCUT2D eigenvalue weighted by Gasteiger charge is -1.87. The van der Waals surface area contributed by atoms with Crippen molar-refractivity contribution < 1.29 is 9.05 Å². The average molecular weight is 269 g/mol. The van der Waals surface area contributed by atoms with Crippen molar-refractivity contribution in [2.45, 2.75) is 13.3 Å². The van der Waals surface area contributed by atoms with Crippen molar-refractivity contribution in [3.05, 3.63) is 53.5 Å². The van der Waals surface area contributed by atoms with Crippen molar-refractivity contribution in [3.8, 4) is 0 Å². The first-order chi connectivity index (χ1) is 9.79. The van der Waals surface area contributed by atoms with E-state index in [4.69, 9.17) is 9.05 Å². The highest BCUT2D eigenvalue weighted by Gasteiger charge is 2.09. The molecule has 7 heteroatoms. The highest BCUT2D eigenvalue weighted by atomic mass is 16.5. The molecule has 0 aromatic carbocycles. The third kappa shape index (κ3) is 2.94. The van der Waals surface area contributed by atoms with Gasteiger partial charge < -0.3 is 9.05 Å². The molecule has 3 heterocycles. The Labute approximate surface area is 114 Å². The van der Waals surface area contributed by atoms with E-state index in [-0.39, 0.29) is 0 Å². The molecule has 0 aliphatic carbocycles. The standard InChI is InChI=1S/C13H11N5O2/c1-9-15-11(17-19-9)8-12-16-13(20-18-12)6-5-10-4-2-3-7-14-10/h2-7H,8H2,1H3/b6-5+. The summed E-state index contributed by atoms with van der Waals surface area (Å²) in [5.41, 5.74) is 0.820. The summed E-state index contributed by atoms with van der Waals surface area (Å²) in [5, 5.41) is 7.63. The van der Waals surface area contributed by atoms with Gasteiger partial charge in [0, 0.05) is 19.2 Å². The second-order valence-corrected chi connectivity index (χ2v) is 4.04. The molecule has 0 fully saturated rings. The van der Waals surface area contributed by atoms with Gasteiger partial charge in [-0.2, -0.15) is 9.97 Å². The van der Waals surface area contributed by atoms with Crippen LogP contribution in [-0.4, -0.2) is 25.3 Å². The van der Waals surface area contributed by atoms with Crippen molar-refractivity contribution in [2.75, 3.05) is 0 Å². The van der Waals surface area contributed by atoms with Gasteiger partial charge in [-0.25, -0.2) is 0 Å². The van der Waals surface area contributed by atoms with E-state index in [0.29, 0.717) is 29.9 Å². The van der Waals surface area contributed by atoms with E-state index in [1.807, 2.05) is 18.2 Å². The maximum absolute atomic E-state index is 5.10. The van der Waals surface area contributed by atoms with Crippen LogP contribution in [0.15, 0.2) is 33.4 Å². The molecular formula is C13H11N5O2. The summed E-state index contributed by atoms with van der Waals surface area (Å²) in [6, 6.07) is 5.65. The monoisotopic (exact) mass is 269 g/mol. The van der Waals surface area contributed by atoms with Crippen molar-refractivity contribution >= 4 is 12.2 Å². The molecule has 0 saturated carbocycles. The fourth-order valence-electron chi connectivity index (χ4n) is 1.59. The van der Waals surface area contributed by atoms with Crippen molar-refractivity contribution in [1.82, 2.24) is 25.3 Å². The van der Waals surface area contributed by atoms with Gasteiger partial charge in [0.25, 0.3) is 5.89 Å². The van der Waals surface area contributed by atoms with Gasteiger partial charge in [-0.3, -0.25) is 4.98 Å². The van der Waals surface area contributed by atoms with Crippen LogP contribution in [0.2, 0.25) is 0 Å². The largest absolute Gasteiger partial charge is 0.340 e. The van der Waals surface area contributed by atoms with Gasteiger partial charge in [0.2, 0.25) is 5.89 Å². The molecule has 0 aliphatic rings. The Bertz CT molecular complexity index is 717. The Morgan fingerprint density at radius 2 is 1.90 bits per heavy atom. The minimum absolute atomic E-state index is 0.373. The average Bonchev–Trinajstić information content (AvgIpc) is 3.08. The van der Waals surface area contributed by atoms with Gasteiger partial charge in [-0.05, 0) is 18.2 Å². The second kappa shape index (κ2) is 5.43. The predicted molar refractivity (Wildman–Crippen MR) is 69.3 cm³/mol. The van der Waals surface area contributed by atoms with Gasteiger partial charge >= 0.3 is 0 Å². The molecule has 0 N–H and O–H groups in total. The smallest absolute Gasteiger partial charge is 0.250 e. The summed E-state index contributed by atoms with van der Waals surface area (Å²) in [6.45, 7) is 1.73. The Morgan fingerprint density at radius 1 is 1.05 bits per heavy atom. The van der Waals surface area contributed by atoms with Gasteiger partial charge in [-0.15, -0.1) is 0 Å². The van der Waals surface area contributed by atoms with Crippen LogP contribution in [0.3, 0.4) is 0 Å². The fraction of sp³-hybridized carbons (Fsp3) is 0.154. The fourth-order valence-corrected chi connectivity index (χ4v) is 1.59. The summed E-state index contributed by atoms with van der Waals surface area (Å²) in [7, 11) is 0. The Morgan fingerprint density at radius 3 is 2.65 bits per heavy atom. The zero-order valence-electron chi connectivity index (χ0n) is 10.7. The zero-order chi connectivity index (χ0) is 13.8. The van der Waals surface area contributed by atoms with Crippen LogP contribution in [0.5, 0.6) is 0 Å². The Hall–Kier alpha value is -2.83. The molecule has 0 amide bonds. The predicted octanol–water partition coefficient (Wildman–Crippen LogP) is 1.92. The number of hydrogen-bond donors (Lipinski definition) is 0. The molecule has 100 valence electrons. The number of aryl methyl sites for hydroxylation is 1. The minimum Gasteiger partial charge on any atom is -0.340 e. The zero-order valence-corrected chi connectivity index (χ0v) is 10.7. The quantitative estimate of drug-likeness (QED) is 0.714. The van der Waals surface area contributed by atoms with E-state index in [1.165, 1.54) is 0 Å². The molecule has 0 atom stereocenters. The first-order valence-corrected chi connectivity index (χ1v) is 6.00. The number of hydrogen-bond acceptors (Lipinski definition) is 7. The molecule has 0 unspecified atom stereocenters. The minimum atomic E-state index is 0.373. The van der Waals surface area contributed by atoms with Gasteiger partial charge in [0.1, 0.15) is 0 Å². The SMILES string of the molecule is Cc1nc(Cc2noc(/C=C/c3ccccn3)n2)no1. The molecule has 0 bridgehead atoms. The van der Waals surface area contributed by atoms with Crippen molar-refractivity contribution in [2.24, 2.45) is 0 Å². The third-order valence-corrected chi connectivity index (χ3v) is 2.45. The van der Waals surface area contributed by atoms with E-state index in [0.717, 1.165) is 5.69 Å². The van der Waals surface area contributed by atoms with Gasteiger partial charge in [-0.1, -0.05) is 16.4 Å². The molecule has 0 radical (unpaired) electrons. The van der Waals surface area contributed by atoms with E-state index >= 15 is 0 Å². The normalized spacial score (nSPS) is 11.2. The molecule has 7 nitrogen and oxygen atoms in total. The first kappa shape index (κ1) is 12.2. The van der Waals surface area contributed by atoms with Crippen LogP contribution >= 0.6 is 0 Å². The molecule has 3 aromatic heterocycles. The van der Waals surface area contributed by atoms with E-state index in [1.54, 1.807) is 25.3 Å². The van der Waals surface area contributed by atoms with Crippen LogP contribution < -0.4 is 0 Å². The lowest BCUT2D eigenvalue weighted by molar-refractivity contribution is 0.386. The summed E-state index contributed by atoms with van der Waals surface area (Å²) in [6.07, 6.45) is 5.60. The van der Waals surface area contributed by atoms with Crippen LogP contribution in [-0.2, 0) is 6.42 Å². The molecule has 20 heavy (non-hydrogen) atoms. The maximum Gasteiger partial charge on any atom is 0.250 e. The Kier molecular flexibility index (Phi) is 3.32. The van der Waals surface area contributed by atoms with Crippen molar-refractivity contribution in [1.29, 1.82) is 0 Å². The lowest BCUT2D eigenvalue weighted by atomic mass is 10.3. The summed E-state index contributed by atoms with van der Waals surface area (Å²) < 4.78 is 9.98. The molecule has 0 spiro atoms. The molecule has 0 saturated heterocycles. The van der Waals surface area contributed by atoms with E-state index in [9.17, 15) is 0 Å². The molecule has 3 rings (SSSR count). The number of nitrogens with zero attached hydrogens (tertiary/aromatic N) is 5. The van der Waals surface area contributed by atoms with Gasteiger partial charge in [0.05, 0.1) is 12.1 Å². The van der Waals surface area contributed by atoms with Crippen LogP contribution in [0.25, 0.3) is 12.2 Å². The topological polar surface area (TPSA) is 90.7 Å². The number of aromatic nitrogens is 5. The van der Waals surface area contributed by atoms with E-state index in [2.05, 4.69) is 25.3 Å². The molecule has 3 aromatic rings. The van der Waals surface area contributed by atoms with Crippen LogP contribution in [0, 0.1) is 6.92 Å². The third-order valence-electron chi connectivity index (χ3n) is 2.45. The number of rotatable bonds is 4. The lowest BCUT2D eigenvalue weighted by Crippen LogP contribution is -1.93.